The Kier molecular flexibility index (Phi) is 7.39. The second-order valence-corrected chi connectivity index (χ2v) is 10.5. The molecule has 1 unspecified atom stereocenters. The number of piperazine rings is 1. The van der Waals surface area contributed by atoms with Crippen LogP contribution in [0.1, 0.15) is 25.1 Å². The SMILES string of the molecule is CC(CCO)n1nc(-c2ccc(CN3CCN(C)CC3)o2)c2cnc(Nc3ccnc(-c4cnn(C)c4O)n3)cc21. The van der Waals surface area contributed by atoms with Crippen molar-refractivity contribution >= 4 is 22.5 Å². The van der Waals surface area contributed by atoms with Crippen LogP contribution in [0.4, 0.5) is 11.6 Å². The fourth-order valence-corrected chi connectivity index (χ4v) is 5.02. The van der Waals surface area contributed by atoms with Gasteiger partial charge in [-0.25, -0.2) is 19.6 Å². The van der Waals surface area contributed by atoms with Crippen LogP contribution in [0.15, 0.2) is 47.3 Å². The summed E-state index contributed by atoms with van der Waals surface area (Å²) < 4.78 is 9.55. The quantitative estimate of drug-likeness (QED) is 0.245. The van der Waals surface area contributed by atoms with Crippen molar-refractivity contribution in [1.29, 1.82) is 0 Å². The molecule has 0 aliphatic carbocycles. The molecular formula is C28H34N10O3. The third-order valence-corrected chi connectivity index (χ3v) is 7.49. The molecule has 13 nitrogen and oxygen atoms in total. The van der Waals surface area contributed by atoms with Crippen LogP contribution in [-0.2, 0) is 13.6 Å². The van der Waals surface area contributed by atoms with Gasteiger partial charge >= 0.3 is 0 Å². The summed E-state index contributed by atoms with van der Waals surface area (Å²) in [5, 5.41) is 33.0. The number of aliphatic hydroxyl groups is 1. The zero-order valence-corrected chi connectivity index (χ0v) is 23.4. The van der Waals surface area contributed by atoms with Crippen LogP contribution >= 0.6 is 0 Å². The zero-order valence-electron chi connectivity index (χ0n) is 23.4. The Bertz CT molecular complexity index is 1650. The smallest absolute Gasteiger partial charge is 0.220 e. The topological polar surface area (TPSA) is 146 Å². The molecular weight excluding hydrogens is 524 g/mol. The van der Waals surface area contributed by atoms with E-state index in [1.807, 2.05) is 29.8 Å². The van der Waals surface area contributed by atoms with E-state index in [4.69, 9.17) is 9.52 Å². The summed E-state index contributed by atoms with van der Waals surface area (Å²) in [7, 11) is 3.79. The van der Waals surface area contributed by atoms with Crippen LogP contribution < -0.4 is 5.32 Å². The minimum atomic E-state index is -0.0505. The number of furan rings is 1. The second kappa shape index (κ2) is 11.3. The van der Waals surface area contributed by atoms with Crippen LogP contribution in [0.2, 0.25) is 0 Å². The fourth-order valence-electron chi connectivity index (χ4n) is 5.02. The Morgan fingerprint density at radius 2 is 1.88 bits per heavy atom. The lowest BCUT2D eigenvalue weighted by Crippen LogP contribution is -2.43. The van der Waals surface area contributed by atoms with Crippen LogP contribution in [0.5, 0.6) is 5.88 Å². The minimum Gasteiger partial charge on any atom is -0.493 e. The molecule has 1 fully saturated rings. The highest BCUT2D eigenvalue weighted by molar-refractivity contribution is 5.93. The first-order valence-corrected chi connectivity index (χ1v) is 13.7. The molecule has 6 rings (SSSR count). The molecule has 3 N–H and O–H groups in total. The number of aromatic hydroxyl groups is 1. The molecule has 1 aliphatic heterocycles. The summed E-state index contributed by atoms with van der Waals surface area (Å²) in [4.78, 5) is 18.2. The van der Waals surface area contributed by atoms with Crippen LogP contribution in [0.25, 0.3) is 33.7 Å². The summed E-state index contributed by atoms with van der Waals surface area (Å²) >= 11 is 0. The van der Waals surface area contributed by atoms with Crippen molar-refractivity contribution in [2.24, 2.45) is 7.05 Å². The number of pyridine rings is 1. The van der Waals surface area contributed by atoms with Crippen molar-refractivity contribution < 1.29 is 14.6 Å². The standard InChI is InChI=1S/C28H34N10O3/c1-18(7-13-39)38-22-14-25(32-24-6-8-29-27(33-24)21-16-31-36(3)28(21)40)30-15-20(22)26(34-38)23-5-4-19(41-23)17-37-11-9-35(2)10-12-37/h4-6,8,14-16,18,39-40H,7,9-13,17H2,1-3H3,(H,29,30,32,33). The van der Waals surface area contributed by atoms with Crippen molar-refractivity contribution in [1.82, 2.24) is 44.3 Å². The van der Waals surface area contributed by atoms with E-state index >= 15 is 0 Å². The Labute approximate surface area is 237 Å². The first-order chi connectivity index (χ1) is 19.9. The van der Waals surface area contributed by atoms with Gasteiger partial charge in [-0.15, -0.1) is 0 Å². The molecule has 5 aromatic heterocycles. The summed E-state index contributed by atoms with van der Waals surface area (Å²) in [5.74, 6) is 3.00. The molecule has 6 heterocycles. The van der Waals surface area contributed by atoms with Gasteiger partial charge in [0, 0.05) is 63.7 Å². The summed E-state index contributed by atoms with van der Waals surface area (Å²) in [5.41, 5.74) is 2.00. The molecule has 0 amide bonds. The summed E-state index contributed by atoms with van der Waals surface area (Å²) in [6.45, 7) is 6.97. The molecule has 0 aromatic carbocycles. The van der Waals surface area contributed by atoms with E-state index in [2.05, 4.69) is 42.2 Å². The lowest BCUT2D eigenvalue weighted by atomic mass is 10.2. The maximum absolute atomic E-state index is 10.3. The monoisotopic (exact) mass is 558 g/mol. The van der Waals surface area contributed by atoms with Gasteiger partial charge in [-0.3, -0.25) is 9.58 Å². The summed E-state index contributed by atoms with van der Waals surface area (Å²) in [6.07, 6.45) is 5.46. The van der Waals surface area contributed by atoms with Gasteiger partial charge in [-0.2, -0.15) is 10.2 Å². The van der Waals surface area contributed by atoms with E-state index in [0.717, 1.165) is 49.4 Å². The zero-order chi connectivity index (χ0) is 28.5. The van der Waals surface area contributed by atoms with Crippen molar-refractivity contribution in [2.45, 2.75) is 25.9 Å². The van der Waals surface area contributed by atoms with E-state index < -0.39 is 0 Å². The van der Waals surface area contributed by atoms with Crippen LogP contribution in [0.3, 0.4) is 0 Å². The van der Waals surface area contributed by atoms with E-state index in [1.165, 1.54) is 10.9 Å². The van der Waals surface area contributed by atoms with Gasteiger partial charge in [0.2, 0.25) is 5.88 Å². The number of likely N-dealkylation sites (N-methyl/N-ethyl adjacent to an activating group) is 1. The first kappa shape index (κ1) is 26.9. The Hall–Kier alpha value is -4.33. The van der Waals surface area contributed by atoms with E-state index in [-0.39, 0.29) is 18.5 Å². The molecule has 5 aromatic rings. The molecule has 0 bridgehead atoms. The normalized spacial score (nSPS) is 15.5. The molecule has 1 saturated heterocycles. The van der Waals surface area contributed by atoms with Gasteiger partial charge in [0.05, 0.1) is 24.3 Å². The van der Waals surface area contributed by atoms with Crippen molar-refractivity contribution in [3.63, 3.8) is 0 Å². The maximum atomic E-state index is 10.3. The minimum absolute atomic E-state index is 0.0133. The van der Waals surface area contributed by atoms with Gasteiger partial charge in [0.15, 0.2) is 11.6 Å². The number of nitrogens with zero attached hydrogens (tertiary/aromatic N) is 9. The number of rotatable bonds is 9. The molecule has 0 saturated carbocycles. The first-order valence-electron chi connectivity index (χ1n) is 13.7. The molecule has 1 aliphatic rings. The van der Waals surface area contributed by atoms with Gasteiger partial charge in [-0.05, 0) is 38.6 Å². The predicted molar refractivity (Wildman–Crippen MR) is 154 cm³/mol. The average molecular weight is 559 g/mol. The van der Waals surface area contributed by atoms with E-state index in [9.17, 15) is 10.2 Å². The summed E-state index contributed by atoms with van der Waals surface area (Å²) in [6, 6.07) is 7.58. The highest BCUT2D eigenvalue weighted by atomic mass is 16.3. The third-order valence-electron chi connectivity index (χ3n) is 7.49. The van der Waals surface area contributed by atoms with Gasteiger partial charge in [0.25, 0.3) is 0 Å². The number of anilines is 2. The van der Waals surface area contributed by atoms with Gasteiger partial charge < -0.3 is 24.8 Å². The number of aromatic nitrogens is 7. The molecule has 0 spiro atoms. The Morgan fingerprint density at radius 1 is 1.05 bits per heavy atom. The van der Waals surface area contributed by atoms with Crippen molar-refractivity contribution in [2.75, 3.05) is 45.2 Å². The highest BCUT2D eigenvalue weighted by Crippen LogP contribution is 2.33. The van der Waals surface area contributed by atoms with Crippen molar-refractivity contribution in [3.8, 4) is 28.7 Å². The number of hydrogen-bond acceptors (Lipinski definition) is 11. The maximum Gasteiger partial charge on any atom is 0.220 e. The predicted octanol–water partition coefficient (Wildman–Crippen LogP) is 3.02. The third kappa shape index (κ3) is 5.51. The van der Waals surface area contributed by atoms with Gasteiger partial charge in [0.1, 0.15) is 28.7 Å². The molecule has 1 atom stereocenters. The van der Waals surface area contributed by atoms with Gasteiger partial charge in [-0.1, -0.05) is 0 Å². The molecule has 13 heteroatoms. The molecule has 41 heavy (non-hydrogen) atoms. The number of aliphatic hydroxyl groups excluding tert-OH is 1. The lowest BCUT2D eigenvalue weighted by molar-refractivity contribution is 0.140. The van der Waals surface area contributed by atoms with E-state index in [1.54, 1.807) is 25.5 Å². The molecule has 214 valence electrons. The second-order valence-electron chi connectivity index (χ2n) is 10.5. The largest absolute Gasteiger partial charge is 0.493 e. The van der Waals surface area contributed by atoms with Crippen molar-refractivity contribution in [3.05, 3.63) is 48.6 Å². The van der Waals surface area contributed by atoms with Crippen LogP contribution in [0, 0.1) is 0 Å². The lowest BCUT2D eigenvalue weighted by Gasteiger charge is -2.31. The average Bonchev–Trinajstić information content (AvgIpc) is 3.67. The van der Waals surface area contributed by atoms with Crippen LogP contribution in [-0.4, -0.2) is 94.4 Å². The highest BCUT2D eigenvalue weighted by Gasteiger charge is 2.21. The number of fused-ring (bicyclic) bond motifs is 1. The Morgan fingerprint density at radius 3 is 2.63 bits per heavy atom. The fraction of sp³-hybridized carbons (Fsp3) is 0.393. The number of aryl methyl sites for hydroxylation is 1. The Balaban J connectivity index is 1.30. The molecule has 0 radical (unpaired) electrons. The van der Waals surface area contributed by atoms with E-state index in [0.29, 0.717) is 40.9 Å². The number of nitrogens with one attached hydrogen (secondary N) is 1. The number of hydrogen-bond donors (Lipinski definition) is 3.